The van der Waals surface area contributed by atoms with Gasteiger partial charge in [0.25, 0.3) is 0 Å². The van der Waals surface area contributed by atoms with Gasteiger partial charge in [-0.15, -0.1) is 0 Å². The van der Waals surface area contributed by atoms with Crippen molar-refractivity contribution in [3.63, 3.8) is 0 Å². The van der Waals surface area contributed by atoms with Crippen LogP contribution in [0, 0.1) is 0 Å². The van der Waals surface area contributed by atoms with Gasteiger partial charge in [-0.25, -0.2) is 0 Å². The monoisotopic (exact) mass is 180 g/mol. The summed E-state index contributed by atoms with van der Waals surface area (Å²) in [5, 5.41) is 9.16. The second-order valence-corrected chi connectivity index (χ2v) is 3.02. The van der Waals surface area contributed by atoms with Crippen molar-refractivity contribution in [3.8, 4) is 0 Å². The molecule has 1 unspecified atom stereocenters. The zero-order valence-corrected chi connectivity index (χ0v) is 6.56. The van der Waals surface area contributed by atoms with E-state index in [1.54, 1.807) is 0 Å². The van der Waals surface area contributed by atoms with Crippen LogP contribution in [0.25, 0.3) is 0 Å². The standard InChI is InChI=1S/C8H11F3O/c9-8(10,11)5-6-3-1-2-4-7(6)12/h5,7,12H,1-4H2/b6-5+. The number of rotatable bonds is 0. The second-order valence-electron chi connectivity index (χ2n) is 3.02. The van der Waals surface area contributed by atoms with Gasteiger partial charge in [-0.2, -0.15) is 13.2 Å². The molecular formula is C8H11F3O. The molecular weight excluding hydrogens is 169 g/mol. The lowest BCUT2D eigenvalue weighted by molar-refractivity contribution is -0.0817. The van der Waals surface area contributed by atoms with Crippen LogP contribution in [0.15, 0.2) is 11.6 Å². The first-order valence-electron chi connectivity index (χ1n) is 3.95. The molecule has 0 aliphatic heterocycles. The molecule has 0 aromatic heterocycles. The van der Waals surface area contributed by atoms with Gasteiger partial charge in [0, 0.05) is 6.08 Å². The Bertz CT molecular complexity index is 183. The normalized spacial score (nSPS) is 29.3. The van der Waals surface area contributed by atoms with Gasteiger partial charge in [0.15, 0.2) is 0 Å². The Morgan fingerprint density at radius 2 is 2.00 bits per heavy atom. The van der Waals surface area contributed by atoms with Crippen LogP contribution in [-0.2, 0) is 0 Å². The Hall–Kier alpha value is -0.510. The van der Waals surface area contributed by atoms with Crippen LogP contribution in [0.5, 0.6) is 0 Å². The summed E-state index contributed by atoms with van der Waals surface area (Å²) in [5.41, 5.74) is 0.133. The molecule has 0 heterocycles. The van der Waals surface area contributed by atoms with E-state index in [1.807, 2.05) is 0 Å². The van der Waals surface area contributed by atoms with Gasteiger partial charge in [0.1, 0.15) is 0 Å². The number of aliphatic hydroxyl groups excluding tert-OH is 1. The molecule has 70 valence electrons. The first kappa shape index (κ1) is 9.58. The molecule has 0 saturated heterocycles. The van der Waals surface area contributed by atoms with Crippen LogP contribution in [0.1, 0.15) is 25.7 Å². The molecule has 0 bridgehead atoms. The molecule has 12 heavy (non-hydrogen) atoms. The predicted molar refractivity (Wildman–Crippen MR) is 38.6 cm³/mol. The van der Waals surface area contributed by atoms with Crippen LogP contribution in [-0.4, -0.2) is 17.4 Å². The maximum Gasteiger partial charge on any atom is 0.409 e. The van der Waals surface area contributed by atoms with E-state index in [2.05, 4.69) is 0 Å². The van der Waals surface area contributed by atoms with Gasteiger partial charge in [0.2, 0.25) is 0 Å². The number of halogens is 3. The fraction of sp³-hybridized carbons (Fsp3) is 0.750. The second kappa shape index (κ2) is 3.47. The Labute approximate surface area is 68.9 Å². The molecule has 1 atom stereocenters. The third-order valence-electron chi connectivity index (χ3n) is 1.97. The van der Waals surface area contributed by atoms with E-state index in [0.29, 0.717) is 12.8 Å². The lowest BCUT2D eigenvalue weighted by Crippen LogP contribution is -2.18. The number of alkyl halides is 3. The number of hydrogen-bond donors (Lipinski definition) is 1. The van der Waals surface area contributed by atoms with Crippen molar-refractivity contribution in [3.05, 3.63) is 11.6 Å². The van der Waals surface area contributed by atoms with Crippen LogP contribution in [0.3, 0.4) is 0 Å². The molecule has 0 amide bonds. The number of hydrogen-bond acceptors (Lipinski definition) is 1. The third-order valence-corrected chi connectivity index (χ3v) is 1.97. The topological polar surface area (TPSA) is 20.2 Å². The summed E-state index contributed by atoms with van der Waals surface area (Å²) >= 11 is 0. The minimum absolute atomic E-state index is 0.133. The molecule has 1 nitrogen and oxygen atoms in total. The van der Waals surface area contributed by atoms with Gasteiger partial charge < -0.3 is 5.11 Å². The van der Waals surface area contributed by atoms with Crippen molar-refractivity contribution in [2.45, 2.75) is 38.0 Å². The van der Waals surface area contributed by atoms with Gasteiger partial charge in [0.05, 0.1) is 6.10 Å². The van der Waals surface area contributed by atoms with E-state index in [4.69, 9.17) is 5.11 Å². The minimum atomic E-state index is -4.28. The Morgan fingerprint density at radius 3 is 2.50 bits per heavy atom. The van der Waals surface area contributed by atoms with Gasteiger partial charge >= 0.3 is 6.18 Å². The van der Waals surface area contributed by atoms with Crippen molar-refractivity contribution < 1.29 is 18.3 Å². The van der Waals surface area contributed by atoms with Crippen LogP contribution >= 0.6 is 0 Å². The van der Waals surface area contributed by atoms with E-state index < -0.39 is 12.3 Å². The summed E-state index contributed by atoms with van der Waals surface area (Å²) in [4.78, 5) is 0. The molecule has 1 aliphatic carbocycles. The summed E-state index contributed by atoms with van der Waals surface area (Å²) in [7, 11) is 0. The highest BCUT2D eigenvalue weighted by molar-refractivity contribution is 5.12. The van der Waals surface area contributed by atoms with E-state index in [-0.39, 0.29) is 11.6 Å². The fourth-order valence-corrected chi connectivity index (χ4v) is 1.40. The van der Waals surface area contributed by atoms with Crippen molar-refractivity contribution in [1.82, 2.24) is 0 Å². The van der Waals surface area contributed by atoms with Crippen molar-refractivity contribution in [2.75, 3.05) is 0 Å². The summed E-state index contributed by atoms with van der Waals surface area (Å²) in [6.07, 6.45) is -2.53. The van der Waals surface area contributed by atoms with E-state index in [0.717, 1.165) is 12.8 Å². The highest BCUT2D eigenvalue weighted by Gasteiger charge is 2.27. The first-order valence-corrected chi connectivity index (χ1v) is 3.95. The zero-order valence-electron chi connectivity index (χ0n) is 6.56. The molecule has 0 spiro atoms. The SMILES string of the molecule is OC1CCCC/C1=C\C(F)(F)F. The molecule has 1 saturated carbocycles. The largest absolute Gasteiger partial charge is 0.409 e. The third kappa shape index (κ3) is 2.85. The van der Waals surface area contributed by atoms with Crippen molar-refractivity contribution in [2.24, 2.45) is 0 Å². The maximum absolute atomic E-state index is 11.8. The average molecular weight is 180 g/mol. The van der Waals surface area contributed by atoms with Gasteiger partial charge in [-0.05, 0) is 24.8 Å². The molecule has 4 heteroatoms. The fourth-order valence-electron chi connectivity index (χ4n) is 1.40. The minimum Gasteiger partial charge on any atom is -0.389 e. The average Bonchev–Trinajstić information content (AvgIpc) is 1.91. The highest BCUT2D eigenvalue weighted by atomic mass is 19.4. The summed E-state index contributed by atoms with van der Waals surface area (Å²) < 4.78 is 35.5. The van der Waals surface area contributed by atoms with Gasteiger partial charge in [-0.3, -0.25) is 0 Å². The first-order chi connectivity index (χ1) is 5.49. The summed E-state index contributed by atoms with van der Waals surface area (Å²) in [5.74, 6) is 0. The van der Waals surface area contributed by atoms with Crippen molar-refractivity contribution >= 4 is 0 Å². The highest BCUT2D eigenvalue weighted by Crippen LogP contribution is 2.28. The van der Waals surface area contributed by atoms with E-state index >= 15 is 0 Å². The van der Waals surface area contributed by atoms with Crippen LogP contribution < -0.4 is 0 Å². The van der Waals surface area contributed by atoms with Crippen LogP contribution in [0.2, 0.25) is 0 Å². The van der Waals surface area contributed by atoms with Gasteiger partial charge in [-0.1, -0.05) is 6.42 Å². The van der Waals surface area contributed by atoms with E-state index in [9.17, 15) is 13.2 Å². The lowest BCUT2D eigenvalue weighted by Gasteiger charge is -2.20. The summed E-state index contributed by atoms with van der Waals surface area (Å²) in [6.45, 7) is 0. The van der Waals surface area contributed by atoms with Crippen LogP contribution in [0.4, 0.5) is 13.2 Å². The maximum atomic E-state index is 11.8. The molecule has 0 radical (unpaired) electrons. The zero-order chi connectivity index (χ0) is 9.19. The molecule has 1 fully saturated rings. The molecule has 1 N–H and O–H groups in total. The van der Waals surface area contributed by atoms with Crippen molar-refractivity contribution in [1.29, 1.82) is 0 Å². The molecule has 0 aromatic carbocycles. The molecule has 0 aromatic rings. The van der Waals surface area contributed by atoms with E-state index in [1.165, 1.54) is 0 Å². The Kier molecular flexibility index (Phi) is 2.77. The Balaban J connectivity index is 2.65. The molecule has 1 aliphatic rings. The summed E-state index contributed by atoms with van der Waals surface area (Å²) in [6, 6.07) is 0. The quantitative estimate of drug-likeness (QED) is 0.567. The number of aliphatic hydroxyl groups is 1. The molecule has 1 rings (SSSR count). The lowest BCUT2D eigenvalue weighted by atomic mass is 9.92. The predicted octanol–water partition coefficient (Wildman–Crippen LogP) is 2.41. The number of allylic oxidation sites excluding steroid dienone is 1. The smallest absolute Gasteiger partial charge is 0.389 e. The Morgan fingerprint density at radius 1 is 1.33 bits per heavy atom.